The van der Waals surface area contributed by atoms with Gasteiger partial charge in [-0.3, -0.25) is 4.79 Å². The molecule has 0 radical (unpaired) electrons. The first-order chi connectivity index (χ1) is 13.7. The molecule has 0 N–H and O–H groups in total. The van der Waals surface area contributed by atoms with Gasteiger partial charge in [0.1, 0.15) is 0 Å². The van der Waals surface area contributed by atoms with E-state index in [0.717, 1.165) is 25.7 Å². The highest BCUT2D eigenvalue weighted by Gasteiger charge is 2.34. The Labute approximate surface area is 173 Å². The number of carbonyl (C=O) groups is 1. The third-order valence-corrected chi connectivity index (χ3v) is 7.85. The maximum absolute atomic E-state index is 12.8. The summed E-state index contributed by atoms with van der Waals surface area (Å²) in [7, 11) is -3.53. The number of thioether (sulfide) groups is 1. The Hall–Kier alpha value is -1.30. The van der Waals surface area contributed by atoms with Crippen molar-refractivity contribution in [3.63, 3.8) is 0 Å². The monoisotopic (exact) mass is 451 g/mol. The lowest BCUT2D eigenvalue weighted by Gasteiger charge is -2.36. The van der Waals surface area contributed by atoms with Crippen molar-refractivity contribution in [2.24, 2.45) is 0 Å². The number of benzene rings is 1. The molecule has 1 aromatic carbocycles. The molecule has 6 nitrogen and oxygen atoms in total. The second kappa shape index (κ2) is 9.23. The summed E-state index contributed by atoms with van der Waals surface area (Å²) in [6.07, 6.45) is 3.80. The lowest BCUT2D eigenvalue weighted by molar-refractivity contribution is -0.0328. The smallest absolute Gasteiger partial charge is 0.336 e. The molecular weight excluding hydrogens is 427 g/mol. The largest absolute Gasteiger partial charge is 0.446 e. The molecule has 0 aromatic heterocycles. The predicted molar refractivity (Wildman–Crippen MR) is 105 cm³/mol. The zero-order valence-corrected chi connectivity index (χ0v) is 17.5. The van der Waals surface area contributed by atoms with Gasteiger partial charge < -0.3 is 4.90 Å². The molecule has 0 atom stereocenters. The standard InChI is InChI=1S/C18H24F3N3O3S2/c19-18(20,21)28-16-7-5-15(6-8-16)17(25)22-11-13-24(14-12-22)29(26,27)23-9-3-1-2-4-10-23/h5-8H,1-4,9-14H2. The summed E-state index contributed by atoms with van der Waals surface area (Å²) in [5, 5.41) is 0. The summed E-state index contributed by atoms with van der Waals surface area (Å²) in [4.78, 5) is 14.2. The summed E-state index contributed by atoms with van der Waals surface area (Å²) in [5.74, 6) is -0.305. The first kappa shape index (κ1) is 22.4. The zero-order chi connectivity index (χ0) is 21.1. The number of amides is 1. The van der Waals surface area contributed by atoms with Crippen LogP contribution in [-0.2, 0) is 10.2 Å². The Kier molecular flexibility index (Phi) is 7.13. The van der Waals surface area contributed by atoms with Crippen molar-refractivity contribution in [3.05, 3.63) is 29.8 Å². The van der Waals surface area contributed by atoms with Gasteiger partial charge >= 0.3 is 5.51 Å². The number of carbonyl (C=O) groups excluding carboxylic acids is 1. The molecular formula is C18H24F3N3O3S2. The van der Waals surface area contributed by atoms with Crippen LogP contribution in [0, 0.1) is 0 Å². The van der Waals surface area contributed by atoms with E-state index < -0.39 is 15.7 Å². The van der Waals surface area contributed by atoms with E-state index >= 15 is 0 Å². The molecule has 2 fully saturated rings. The predicted octanol–water partition coefficient (Wildman–Crippen LogP) is 3.18. The molecule has 2 aliphatic rings. The van der Waals surface area contributed by atoms with Crippen LogP contribution in [0.3, 0.4) is 0 Å². The van der Waals surface area contributed by atoms with E-state index in [1.807, 2.05) is 0 Å². The van der Waals surface area contributed by atoms with Crippen LogP contribution in [0.15, 0.2) is 29.2 Å². The van der Waals surface area contributed by atoms with Gasteiger partial charge in [0, 0.05) is 49.7 Å². The van der Waals surface area contributed by atoms with Crippen molar-refractivity contribution in [1.82, 2.24) is 13.5 Å². The van der Waals surface area contributed by atoms with Crippen molar-refractivity contribution in [3.8, 4) is 0 Å². The maximum Gasteiger partial charge on any atom is 0.446 e. The molecule has 2 heterocycles. The molecule has 0 aliphatic carbocycles. The fraction of sp³-hybridized carbons (Fsp3) is 0.611. The Morgan fingerprint density at radius 2 is 1.34 bits per heavy atom. The second-order valence-corrected chi connectivity index (χ2v) is 10.2. The molecule has 2 saturated heterocycles. The van der Waals surface area contributed by atoms with Gasteiger partial charge in [-0.2, -0.15) is 30.2 Å². The van der Waals surface area contributed by atoms with Crippen molar-refractivity contribution in [2.75, 3.05) is 39.3 Å². The number of piperazine rings is 1. The molecule has 0 unspecified atom stereocenters. The number of hydrogen-bond donors (Lipinski definition) is 0. The van der Waals surface area contributed by atoms with E-state index in [-0.39, 0.29) is 48.7 Å². The molecule has 0 bridgehead atoms. The number of alkyl halides is 3. The summed E-state index contributed by atoms with van der Waals surface area (Å²) >= 11 is -0.228. The lowest BCUT2D eigenvalue weighted by Crippen LogP contribution is -2.54. The molecule has 2 aliphatic heterocycles. The molecule has 3 rings (SSSR count). The average Bonchev–Trinajstić information content (AvgIpc) is 2.97. The average molecular weight is 452 g/mol. The van der Waals surface area contributed by atoms with E-state index in [1.54, 1.807) is 4.90 Å². The van der Waals surface area contributed by atoms with Gasteiger partial charge in [0.05, 0.1) is 0 Å². The Morgan fingerprint density at radius 1 is 0.828 bits per heavy atom. The second-order valence-electron chi connectivity index (χ2n) is 7.08. The van der Waals surface area contributed by atoms with E-state index in [9.17, 15) is 26.4 Å². The Balaban J connectivity index is 1.58. The van der Waals surface area contributed by atoms with Gasteiger partial charge in [0.15, 0.2) is 0 Å². The van der Waals surface area contributed by atoms with Crippen LogP contribution in [0.2, 0.25) is 0 Å². The van der Waals surface area contributed by atoms with Gasteiger partial charge in [0.25, 0.3) is 16.1 Å². The highest BCUT2D eigenvalue weighted by atomic mass is 32.2. The summed E-state index contributed by atoms with van der Waals surface area (Å²) in [6.45, 7) is 2.00. The van der Waals surface area contributed by atoms with Crippen LogP contribution in [0.4, 0.5) is 13.2 Å². The fourth-order valence-corrected chi connectivity index (χ4v) is 5.75. The first-order valence-electron chi connectivity index (χ1n) is 9.57. The van der Waals surface area contributed by atoms with E-state index in [0.29, 0.717) is 18.7 Å². The van der Waals surface area contributed by atoms with Crippen molar-refractivity contribution >= 4 is 27.9 Å². The third kappa shape index (κ3) is 5.87. The molecule has 0 saturated carbocycles. The van der Waals surface area contributed by atoms with Crippen LogP contribution >= 0.6 is 11.8 Å². The normalized spacial score (nSPS) is 20.4. The number of halogens is 3. The zero-order valence-electron chi connectivity index (χ0n) is 15.9. The fourth-order valence-electron chi connectivity index (χ4n) is 3.54. The molecule has 29 heavy (non-hydrogen) atoms. The van der Waals surface area contributed by atoms with Crippen molar-refractivity contribution in [2.45, 2.75) is 36.1 Å². The maximum atomic E-state index is 12.8. The highest BCUT2D eigenvalue weighted by Crippen LogP contribution is 2.36. The van der Waals surface area contributed by atoms with Crippen molar-refractivity contribution < 1.29 is 26.4 Å². The van der Waals surface area contributed by atoms with Crippen LogP contribution in [0.1, 0.15) is 36.0 Å². The van der Waals surface area contributed by atoms with E-state index in [1.165, 1.54) is 32.9 Å². The highest BCUT2D eigenvalue weighted by molar-refractivity contribution is 8.00. The Morgan fingerprint density at radius 3 is 1.86 bits per heavy atom. The third-order valence-electron chi connectivity index (χ3n) is 5.08. The number of nitrogens with zero attached hydrogens (tertiary/aromatic N) is 3. The van der Waals surface area contributed by atoms with Gasteiger partial charge in [-0.1, -0.05) is 12.8 Å². The van der Waals surface area contributed by atoms with Crippen LogP contribution in [0.25, 0.3) is 0 Å². The molecule has 0 spiro atoms. The summed E-state index contributed by atoms with van der Waals surface area (Å²) in [6, 6.07) is 5.28. The van der Waals surface area contributed by atoms with Gasteiger partial charge in [-0.15, -0.1) is 0 Å². The molecule has 1 amide bonds. The minimum absolute atomic E-state index is 0.0161. The molecule has 1 aromatic rings. The SMILES string of the molecule is O=C(c1ccc(SC(F)(F)F)cc1)N1CCN(S(=O)(=O)N2CCCCCC2)CC1. The van der Waals surface area contributed by atoms with Gasteiger partial charge in [-0.25, -0.2) is 0 Å². The summed E-state index contributed by atoms with van der Waals surface area (Å²) < 4.78 is 65.9. The van der Waals surface area contributed by atoms with Crippen LogP contribution < -0.4 is 0 Å². The van der Waals surface area contributed by atoms with Crippen molar-refractivity contribution in [1.29, 1.82) is 0 Å². The molecule has 162 valence electrons. The summed E-state index contributed by atoms with van der Waals surface area (Å²) in [5.41, 5.74) is -4.08. The lowest BCUT2D eigenvalue weighted by atomic mass is 10.2. The quantitative estimate of drug-likeness (QED) is 0.660. The topological polar surface area (TPSA) is 60.9 Å². The Bertz CT molecular complexity index is 800. The van der Waals surface area contributed by atoms with Gasteiger partial charge in [0.2, 0.25) is 0 Å². The van der Waals surface area contributed by atoms with E-state index in [4.69, 9.17) is 0 Å². The van der Waals surface area contributed by atoms with Gasteiger partial charge in [-0.05, 0) is 48.9 Å². The first-order valence-corrected chi connectivity index (χ1v) is 11.8. The van der Waals surface area contributed by atoms with Crippen LogP contribution in [-0.4, -0.2) is 72.6 Å². The minimum atomic E-state index is -4.37. The molecule has 11 heteroatoms. The minimum Gasteiger partial charge on any atom is -0.336 e. The van der Waals surface area contributed by atoms with E-state index in [2.05, 4.69) is 0 Å². The number of rotatable bonds is 4. The number of hydrogen-bond acceptors (Lipinski definition) is 4. The van der Waals surface area contributed by atoms with Crippen LogP contribution in [0.5, 0.6) is 0 Å².